The first kappa shape index (κ1) is 18.4. The van der Waals surface area contributed by atoms with E-state index in [9.17, 15) is 14.9 Å². The van der Waals surface area contributed by atoms with E-state index in [4.69, 9.17) is 0 Å². The van der Waals surface area contributed by atoms with Crippen molar-refractivity contribution in [1.29, 1.82) is 0 Å². The second-order valence-corrected chi connectivity index (χ2v) is 5.31. The molecule has 8 nitrogen and oxygen atoms in total. The average Bonchev–Trinajstić information content (AvgIpc) is 2.86. The summed E-state index contributed by atoms with van der Waals surface area (Å²) in [5.41, 5.74) is 0. The fourth-order valence-corrected chi connectivity index (χ4v) is 2.62. The van der Waals surface area contributed by atoms with E-state index in [0.717, 1.165) is 25.9 Å². The summed E-state index contributed by atoms with van der Waals surface area (Å²) in [6.07, 6.45) is 3.82. The second kappa shape index (κ2) is 8.09. The fourth-order valence-electron chi connectivity index (χ4n) is 2.62. The lowest BCUT2D eigenvalue weighted by molar-refractivity contribution is -0.389. The van der Waals surface area contributed by atoms with Gasteiger partial charge in [-0.1, -0.05) is 0 Å². The van der Waals surface area contributed by atoms with Gasteiger partial charge in [0, 0.05) is 39.0 Å². The Hall–Kier alpha value is -1.67. The number of rotatable bonds is 5. The molecular formula is C13H22ClN5O3. The molecule has 1 N–H and O–H groups in total. The molecule has 1 aromatic rings. The molecule has 1 atom stereocenters. The number of carbonyl (C=O) groups excluding carboxylic acids is 1. The van der Waals surface area contributed by atoms with E-state index >= 15 is 0 Å². The Morgan fingerprint density at radius 3 is 2.91 bits per heavy atom. The first-order valence-electron chi connectivity index (χ1n) is 7.14. The first-order valence-corrected chi connectivity index (χ1v) is 7.14. The number of aryl methyl sites for hydroxylation is 2. The van der Waals surface area contributed by atoms with Crippen molar-refractivity contribution in [3.63, 3.8) is 0 Å². The number of likely N-dealkylation sites (N-methyl/N-ethyl adjacent to an activating group) is 1. The molecule has 1 amide bonds. The van der Waals surface area contributed by atoms with Crippen LogP contribution in [-0.4, -0.2) is 51.5 Å². The van der Waals surface area contributed by atoms with Crippen LogP contribution in [0.1, 0.15) is 25.1 Å². The maximum atomic E-state index is 12.2. The summed E-state index contributed by atoms with van der Waals surface area (Å²) >= 11 is 0. The van der Waals surface area contributed by atoms with Crippen LogP contribution in [0.2, 0.25) is 0 Å². The SMILES string of the molecule is CNC1CCCN(C(=O)CCn2cc([N+](=O)[O-])nc2C)C1.Cl. The molecule has 1 unspecified atom stereocenters. The van der Waals surface area contributed by atoms with Crippen LogP contribution in [-0.2, 0) is 11.3 Å². The molecule has 0 saturated carbocycles. The number of carbonyl (C=O) groups is 1. The summed E-state index contributed by atoms with van der Waals surface area (Å²) in [6.45, 7) is 3.65. The van der Waals surface area contributed by atoms with Gasteiger partial charge in [0.1, 0.15) is 6.20 Å². The predicted molar refractivity (Wildman–Crippen MR) is 84.1 cm³/mol. The maximum Gasteiger partial charge on any atom is 0.381 e. The lowest BCUT2D eigenvalue weighted by atomic mass is 10.1. The highest BCUT2D eigenvalue weighted by atomic mass is 35.5. The minimum atomic E-state index is -0.520. The van der Waals surface area contributed by atoms with E-state index in [2.05, 4.69) is 10.3 Å². The molecule has 0 radical (unpaired) electrons. The number of amides is 1. The Balaban J connectivity index is 0.00000242. The summed E-state index contributed by atoms with van der Waals surface area (Å²) < 4.78 is 1.66. The van der Waals surface area contributed by atoms with Crippen LogP contribution in [0.3, 0.4) is 0 Å². The maximum absolute atomic E-state index is 12.2. The minimum absolute atomic E-state index is 0. The highest BCUT2D eigenvalue weighted by Crippen LogP contribution is 2.13. The monoisotopic (exact) mass is 331 g/mol. The number of imidazole rings is 1. The summed E-state index contributed by atoms with van der Waals surface area (Å²) in [5.74, 6) is 0.472. The van der Waals surface area contributed by atoms with E-state index in [1.165, 1.54) is 6.20 Å². The van der Waals surface area contributed by atoms with Crippen LogP contribution in [0, 0.1) is 17.0 Å². The van der Waals surface area contributed by atoms with Crippen molar-refractivity contribution < 1.29 is 9.72 Å². The molecule has 1 aliphatic rings. The highest BCUT2D eigenvalue weighted by molar-refractivity contribution is 5.85. The molecule has 0 spiro atoms. The van der Waals surface area contributed by atoms with Gasteiger partial charge < -0.3 is 24.9 Å². The van der Waals surface area contributed by atoms with Crippen LogP contribution in [0.25, 0.3) is 0 Å². The third-order valence-electron chi connectivity index (χ3n) is 3.90. The van der Waals surface area contributed by atoms with Gasteiger partial charge in [0.2, 0.25) is 11.7 Å². The molecule has 124 valence electrons. The molecule has 2 rings (SSSR count). The predicted octanol–water partition coefficient (Wildman–Crippen LogP) is 1.12. The average molecular weight is 332 g/mol. The summed E-state index contributed by atoms with van der Waals surface area (Å²) in [7, 11) is 1.91. The topological polar surface area (TPSA) is 93.3 Å². The lowest BCUT2D eigenvalue weighted by Gasteiger charge is -2.32. The van der Waals surface area contributed by atoms with Crippen LogP contribution in [0.15, 0.2) is 6.20 Å². The molecule has 0 aromatic carbocycles. The zero-order chi connectivity index (χ0) is 15.4. The van der Waals surface area contributed by atoms with Gasteiger partial charge in [-0.15, -0.1) is 12.4 Å². The highest BCUT2D eigenvalue weighted by Gasteiger charge is 2.23. The Morgan fingerprint density at radius 1 is 1.59 bits per heavy atom. The molecule has 1 aliphatic heterocycles. The molecule has 0 bridgehead atoms. The van der Waals surface area contributed by atoms with Crippen molar-refractivity contribution in [2.24, 2.45) is 0 Å². The standard InChI is InChI=1S/C13H21N5O3.ClH/c1-10-15-12(18(20)21)9-16(10)7-5-13(19)17-6-3-4-11(8-17)14-2;/h9,11,14H,3-8H2,1-2H3;1H. The summed E-state index contributed by atoms with van der Waals surface area (Å²) in [6, 6.07) is 0.360. The van der Waals surface area contributed by atoms with Crippen molar-refractivity contribution in [2.45, 2.75) is 38.8 Å². The number of nitrogens with one attached hydrogen (secondary N) is 1. The smallest absolute Gasteiger partial charge is 0.358 e. The van der Waals surface area contributed by atoms with E-state index in [1.54, 1.807) is 11.5 Å². The van der Waals surface area contributed by atoms with Gasteiger partial charge in [-0.2, -0.15) is 0 Å². The van der Waals surface area contributed by atoms with Crippen LogP contribution < -0.4 is 5.32 Å². The number of hydrogen-bond acceptors (Lipinski definition) is 5. The number of nitrogens with zero attached hydrogens (tertiary/aromatic N) is 4. The molecule has 22 heavy (non-hydrogen) atoms. The first-order chi connectivity index (χ1) is 10.0. The number of aromatic nitrogens is 2. The van der Waals surface area contributed by atoms with Crippen molar-refractivity contribution >= 4 is 24.1 Å². The van der Waals surface area contributed by atoms with Gasteiger partial charge in [0.15, 0.2) is 0 Å². The van der Waals surface area contributed by atoms with Gasteiger partial charge in [0.25, 0.3) is 0 Å². The van der Waals surface area contributed by atoms with E-state index in [-0.39, 0.29) is 24.1 Å². The normalized spacial score (nSPS) is 17.9. The van der Waals surface area contributed by atoms with Crippen molar-refractivity contribution in [3.8, 4) is 0 Å². The van der Waals surface area contributed by atoms with Crippen molar-refractivity contribution in [2.75, 3.05) is 20.1 Å². The second-order valence-electron chi connectivity index (χ2n) is 5.31. The third kappa shape index (κ3) is 4.41. The lowest BCUT2D eigenvalue weighted by Crippen LogP contribution is -2.47. The Kier molecular flexibility index (Phi) is 6.76. The molecule has 1 saturated heterocycles. The Labute approximate surface area is 135 Å². The van der Waals surface area contributed by atoms with Crippen LogP contribution in [0.4, 0.5) is 5.82 Å². The summed E-state index contributed by atoms with van der Waals surface area (Å²) in [4.78, 5) is 28.1. The van der Waals surface area contributed by atoms with E-state index in [1.807, 2.05) is 11.9 Å². The van der Waals surface area contributed by atoms with Gasteiger partial charge in [-0.3, -0.25) is 4.79 Å². The molecule has 0 aliphatic carbocycles. The Morgan fingerprint density at radius 2 is 2.32 bits per heavy atom. The minimum Gasteiger partial charge on any atom is -0.358 e. The zero-order valence-corrected chi connectivity index (χ0v) is 13.6. The van der Waals surface area contributed by atoms with Crippen LogP contribution in [0.5, 0.6) is 0 Å². The molecular weight excluding hydrogens is 310 g/mol. The van der Waals surface area contributed by atoms with Gasteiger partial charge in [-0.25, -0.2) is 0 Å². The molecule has 1 aromatic heterocycles. The number of likely N-dealkylation sites (tertiary alicyclic amines) is 1. The van der Waals surface area contributed by atoms with Gasteiger partial charge >= 0.3 is 5.82 Å². The Bertz CT molecular complexity index is 534. The quantitative estimate of drug-likeness (QED) is 0.644. The van der Waals surface area contributed by atoms with Gasteiger partial charge in [-0.05, 0) is 29.8 Å². The molecule has 9 heteroatoms. The largest absolute Gasteiger partial charge is 0.381 e. The van der Waals surface area contributed by atoms with Crippen molar-refractivity contribution in [3.05, 3.63) is 22.1 Å². The fraction of sp³-hybridized carbons (Fsp3) is 0.692. The number of piperidine rings is 1. The van der Waals surface area contributed by atoms with E-state index < -0.39 is 4.92 Å². The summed E-state index contributed by atoms with van der Waals surface area (Å²) in [5, 5.41) is 13.9. The van der Waals surface area contributed by atoms with E-state index in [0.29, 0.717) is 24.8 Å². The van der Waals surface area contributed by atoms with Crippen molar-refractivity contribution in [1.82, 2.24) is 19.8 Å². The number of hydrogen-bond donors (Lipinski definition) is 1. The molecule has 2 heterocycles. The number of nitro groups is 1. The molecule has 1 fully saturated rings. The third-order valence-corrected chi connectivity index (χ3v) is 3.90. The number of halogens is 1. The van der Waals surface area contributed by atoms with Gasteiger partial charge in [0.05, 0.1) is 0 Å². The van der Waals surface area contributed by atoms with Crippen LogP contribution >= 0.6 is 12.4 Å². The zero-order valence-electron chi connectivity index (χ0n) is 12.8.